The Morgan fingerprint density at radius 1 is 1.21 bits per heavy atom. The van der Waals surface area contributed by atoms with Crippen LogP contribution in [0.2, 0.25) is 0 Å². The molecule has 126 valence electrons. The lowest BCUT2D eigenvalue weighted by atomic mass is 9.94. The summed E-state index contributed by atoms with van der Waals surface area (Å²) in [5.74, 6) is 1.62. The van der Waals surface area contributed by atoms with Gasteiger partial charge < -0.3 is 14.7 Å². The van der Waals surface area contributed by atoms with E-state index in [1.807, 2.05) is 17.0 Å². The second kappa shape index (κ2) is 6.67. The van der Waals surface area contributed by atoms with Gasteiger partial charge >= 0.3 is 6.03 Å². The Labute approximate surface area is 142 Å². The average Bonchev–Trinajstić information content (AvgIpc) is 3.21. The van der Waals surface area contributed by atoms with E-state index in [1.54, 1.807) is 6.26 Å². The fraction of sp³-hybridized carbons (Fsp3) is 0.474. The zero-order chi connectivity index (χ0) is 16.4. The van der Waals surface area contributed by atoms with E-state index in [4.69, 9.17) is 4.52 Å². The highest BCUT2D eigenvalue weighted by Crippen LogP contribution is 2.46. The predicted molar refractivity (Wildman–Crippen MR) is 90.7 cm³/mol. The lowest BCUT2D eigenvalue weighted by Crippen LogP contribution is -2.44. The van der Waals surface area contributed by atoms with Gasteiger partial charge in [-0.2, -0.15) is 0 Å². The summed E-state index contributed by atoms with van der Waals surface area (Å²) < 4.78 is 4.92. The molecule has 1 aromatic heterocycles. The second-order valence-corrected chi connectivity index (χ2v) is 6.88. The molecule has 1 N–H and O–H groups in total. The number of nitrogens with zero attached hydrogens (tertiary/aromatic N) is 2. The van der Waals surface area contributed by atoms with Crippen LogP contribution in [0.4, 0.5) is 4.79 Å². The maximum absolute atomic E-state index is 12.3. The number of hydrogen-bond acceptors (Lipinski definition) is 3. The summed E-state index contributed by atoms with van der Waals surface area (Å²) in [5.41, 5.74) is 2.41. The van der Waals surface area contributed by atoms with Crippen LogP contribution in [-0.2, 0) is 0 Å². The van der Waals surface area contributed by atoms with Crippen molar-refractivity contribution in [2.24, 2.45) is 5.92 Å². The van der Waals surface area contributed by atoms with E-state index < -0.39 is 0 Å². The number of hydrogen-bond donors (Lipinski definition) is 1. The normalized spacial score (nSPS) is 23.9. The lowest BCUT2D eigenvalue weighted by molar-refractivity contribution is 0.180. The largest absolute Gasteiger partial charge is 0.365 e. The number of nitrogens with one attached hydrogen (secondary N) is 1. The lowest BCUT2D eigenvalue weighted by Gasteiger charge is -2.31. The fourth-order valence-electron chi connectivity index (χ4n) is 3.72. The van der Waals surface area contributed by atoms with Gasteiger partial charge in [0.2, 0.25) is 0 Å². The molecule has 2 atom stereocenters. The number of likely N-dealkylation sites (tertiary alicyclic amines) is 1. The first-order valence-electron chi connectivity index (χ1n) is 8.79. The third kappa shape index (κ3) is 3.30. The SMILES string of the molecule is O=C(NC[C@H]1C[C@@H]1c1ccccc1)N1CCC(c2ccon2)CC1. The summed E-state index contributed by atoms with van der Waals surface area (Å²) in [4.78, 5) is 14.3. The smallest absolute Gasteiger partial charge is 0.317 e. The van der Waals surface area contributed by atoms with E-state index in [0.717, 1.165) is 38.2 Å². The molecule has 2 heterocycles. The number of amides is 2. The first-order chi connectivity index (χ1) is 11.8. The number of urea groups is 1. The van der Waals surface area contributed by atoms with Crippen LogP contribution < -0.4 is 5.32 Å². The molecule has 1 aliphatic heterocycles. The minimum absolute atomic E-state index is 0.0762. The summed E-state index contributed by atoms with van der Waals surface area (Å²) >= 11 is 0. The van der Waals surface area contributed by atoms with Crippen LogP contribution in [0.25, 0.3) is 0 Å². The molecule has 5 nitrogen and oxygen atoms in total. The molecule has 1 aromatic carbocycles. The van der Waals surface area contributed by atoms with E-state index in [1.165, 1.54) is 12.0 Å². The molecular formula is C19H23N3O2. The molecule has 0 spiro atoms. The number of piperidine rings is 1. The van der Waals surface area contributed by atoms with Gasteiger partial charge in [-0.1, -0.05) is 35.5 Å². The molecule has 24 heavy (non-hydrogen) atoms. The standard InChI is InChI=1S/C19H23N3O2/c23-19(20-13-16-12-17(16)14-4-2-1-3-5-14)22-9-6-15(7-10-22)18-8-11-24-21-18/h1-5,8,11,15-17H,6-7,9-10,12-13H2,(H,20,23)/t16-,17-/m1/s1. The summed E-state index contributed by atoms with van der Waals surface area (Å²) in [6.45, 7) is 2.36. The number of rotatable bonds is 4. The highest BCUT2D eigenvalue weighted by molar-refractivity contribution is 5.74. The first kappa shape index (κ1) is 15.2. The van der Waals surface area contributed by atoms with Gasteiger partial charge in [-0.3, -0.25) is 0 Å². The third-order valence-corrected chi connectivity index (χ3v) is 5.32. The van der Waals surface area contributed by atoms with Crippen LogP contribution in [-0.4, -0.2) is 35.7 Å². The molecule has 1 saturated heterocycles. The highest BCUT2D eigenvalue weighted by atomic mass is 16.5. The van der Waals surface area contributed by atoms with Crippen molar-refractivity contribution in [1.82, 2.24) is 15.4 Å². The highest BCUT2D eigenvalue weighted by Gasteiger charge is 2.38. The summed E-state index contributed by atoms with van der Waals surface area (Å²) in [6.07, 6.45) is 4.71. The molecule has 2 aromatic rings. The Bertz CT molecular complexity index is 663. The molecule has 1 aliphatic carbocycles. The van der Waals surface area contributed by atoms with Crippen molar-refractivity contribution in [2.45, 2.75) is 31.1 Å². The number of benzene rings is 1. The van der Waals surface area contributed by atoms with Crippen LogP contribution in [0, 0.1) is 5.92 Å². The molecule has 0 bridgehead atoms. The molecule has 0 unspecified atom stereocenters. The number of carbonyl (C=O) groups is 1. The summed E-state index contributed by atoms with van der Waals surface area (Å²) in [7, 11) is 0. The maximum atomic E-state index is 12.3. The van der Waals surface area contributed by atoms with Crippen molar-refractivity contribution in [3.8, 4) is 0 Å². The topological polar surface area (TPSA) is 58.4 Å². The van der Waals surface area contributed by atoms with Gasteiger partial charge in [0.1, 0.15) is 6.26 Å². The average molecular weight is 325 g/mol. The van der Waals surface area contributed by atoms with Crippen molar-refractivity contribution in [1.29, 1.82) is 0 Å². The van der Waals surface area contributed by atoms with Gasteiger partial charge in [0.05, 0.1) is 5.69 Å². The molecule has 2 amide bonds. The maximum Gasteiger partial charge on any atom is 0.317 e. The van der Waals surface area contributed by atoms with E-state index in [-0.39, 0.29) is 6.03 Å². The van der Waals surface area contributed by atoms with Gasteiger partial charge in [-0.25, -0.2) is 4.79 Å². The molecule has 4 rings (SSSR count). The van der Waals surface area contributed by atoms with Gasteiger partial charge in [-0.05, 0) is 36.7 Å². The quantitative estimate of drug-likeness (QED) is 0.937. The van der Waals surface area contributed by atoms with Gasteiger partial charge in [-0.15, -0.1) is 0 Å². The molecule has 0 radical (unpaired) electrons. The molecule has 1 saturated carbocycles. The second-order valence-electron chi connectivity index (χ2n) is 6.88. The van der Waals surface area contributed by atoms with Gasteiger partial charge in [0.15, 0.2) is 0 Å². The van der Waals surface area contributed by atoms with Gasteiger partial charge in [0, 0.05) is 31.6 Å². The Hall–Kier alpha value is -2.30. The van der Waals surface area contributed by atoms with E-state index in [9.17, 15) is 4.79 Å². The van der Waals surface area contributed by atoms with E-state index in [0.29, 0.717) is 17.8 Å². The number of aromatic nitrogens is 1. The zero-order valence-electron chi connectivity index (χ0n) is 13.7. The van der Waals surface area contributed by atoms with Crippen LogP contribution >= 0.6 is 0 Å². The van der Waals surface area contributed by atoms with Gasteiger partial charge in [0.25, 0.3) is 0 Å². The summed E-state index contributed by atoms with van der Waals surface area (Å²) in [6, 6.07) is 12.6. The van der Waals surface area contributed by atoms with Crippen LogP contribution in [0.15, 0.2) is 47.2 Å². The Balaban J connectivity index is 1.21. The number of carbonyl (C=O) groups excluding carboxylic acids is 1. The molecule has 2 aliphatic rings. The van der Waals surface area contributed by atoms with Crippen LogP contribution in [0.5, 0.6) is 0 Å². The minimum Gasteiger partial charge on any atom is -0.365 e. The predicted octanol–water partition coefficient (Wildman–Crippen LogP) is 3.37. The Morgan fingerprint density at radius 3 is 2.71 bits per heavy atom. The van der Waals surface area contributed by atoms with E-state index in [2.05, 4.69) is 34.7 Å². The minimum atomic E-state index is 0.0762. The third-order valence-electron chi connectivity index (χ3n) is 5.32. The molecular weight excluding hydrogens is 302 g/mol. The van der Waals surface area contributed by atoms with Crippen LogP contribution in [0.3, 0.4) is 0 Å². The molecule has 2 fully saturated rings. The molecule has 5 heteroatoms. The van der Waals surface area contributed by atoms with Crippen LogP contribution in [0.1, 0.15) is 42.4 Å². The monoisotopic (exact) mass is 325 g/mol. The van der Waals surface area contributed by atoms with E-state index >= 15 is 0 Å². The zero-order valence-corrected chi connectivity index (χ0v) is 13.7. The van der Waals surface area contributed by atoms with Crippen molar-refractivity contribution < 1.29 is 9.32 Å². The Kier molecular flexibility index (Phi) is 4.24. The van der Waals surface area contributed by atoms with Crippen molar-refractivity contribution >= 4 is 6.03 Å². The Morgan fingerprint density at radius 2 is 2.00 bits per heavy atom. The van der Waals surface area contributed by atoms with Crippen molar-refractivity contribution in [2.75, 3.05) is 19.6 Å². The first-order valence-corrected chi connectivity index (χ1v) is 8.79. The van der Waals surface area contributed by atoms with Crippen molar-refractivity contribution in [3.63, 3.8) is 0 Å². The summed E-state index contributed by atoms with van der Waals surface area (Å²) in [5, 5.41) is 7.14. The van der Waals surface area contributed by atoms with Crippen molar-refractivity contribution in [3.05, 3.63) is 53.9 Å². The fourth-order valence-corrected chi connectivity index (χ4v) is 3.72.